The highest BCUT2D eigenvalue weighted by Crippen LogP contribution is 2.29. The number of carbonyl (C=O) groups is 3. The third kappa shape index (κ3) is 3.93. The molecule has 0 radical (unpaired) electrons. The second-order valence-electron chi connectivity index (χ2n) is 5.63. The van der Waals surface area contributed by atoms with Crippen LogP contribution in [0.3, 0.4) is 0 Å². The van der Waals surface area contributed by atoms with Gasteiger partial charge in [0.2, 0.25) is 11.8 Å². The molecule has 20 heavy (non-hydrogen) atoms. The van der Waals surface area contributed by atoms with Gasteiger partial charge < -0.3 is 21.5 Å². The summed E-state index contributed by atoms with van der Waals surface area (Å²) in [5, 5.41) is 14.2. The molecule has 7 nitrogen and oxygen atoms in total. The van der Waals surface area contributed by atoms with Crippen molar-refractivity contribution in [2.45, 2.75) is 51.1 Å². The molecule has 5 N–H and O–H groups in total. The second-order valence-corrected chi connectivity index (χ2v) is 5.63. The van der Waals surface area contributed by atoms with Crippen LogP contribution in [0.1, 0.15) is 39.5 Å². The first kappa shape index (κ1) is 16.4. The molecule has 1 aliphatic rings. The Balaban J connectivity index is 2.47. The average Bonchev–Trinajstić information content (AvgIpc) is 2.84. The fourth-order valence-corrected chi connectivity index (χ4v) is 2.27. The normalized spacial score (nSPS) is 18.6. The van der Waals surface area contributed by atoms with Gasteiger partial charge in [-0.3, -0.25) is 9.59 Å². The molecule has 0 spiro atoms. The van der Waals surface area contributed by atoms with Gasteiger partial charge in [-0.05, 0) is 18.8 Å². The molecule has 0 aromatic carbocycles. The van der Waals surface area contributed by atoms with E-state index in [9.17, 15) is 19.5 Å². The van der Waals surface area contributed by atoms with E-state index >= 15 is 0 Å². The smallest absolute Gasteiger partial charge is 0.329 e. The molecule has 0 aromatic rings. The summed E-state index contributed by atoms with van der Waals surface area (Å²) < 4.78 is 0. The molecule has 1 rings (SSSR count). The van der Waals surface area contributed by atoms with Crippen molar-refractivity contribution >= 4 is 17.8 Å². The maximum Gasteiger partial charge on any atom is 0.329 e. The van der Waals surface area contributed by atoms with Crippen LogP contribution in [-0.4, -0.2) is 41.0 Å². The van der Waals surface area contributed by atoms with Gasteiger partial charge in [-0.1, -0.05) is 26.7 Å². The molecule has 2 amide bonds. The van der Waals surface area contributed by atoms with Crippen molar-refractivity contribution in [1.29, 1.82) is 0 Å². The van der Waals surface area contributed by atoms with Crippen LogP contribution in [0.4, 0.5) is 0 Å². The van der Waals surface area contributed by atoms with Gasteiger partial charge in [-0.15, -0.1) is 0 Å². The lowest BCUT2D eigenvalue weighted by Crippen LogP contribution is -2.55. The molecule has 0 bridgehead atoms. The van der Waals surface area contributed by atoms with Crippen LogP contribution in [0.25, 0.3) is 0 Å². The monoisotopic (exact) mass is 285 g/mol. The zero-order valence-corrected chi connectivity index (χ0v) is 11.9. The highest BCUT2D eigenvalue weighted by Gasteiger charge is 2.42. The third-order valence-corrected chi connectivity index (χ3v) is 3.69. The number of carboxylic acid groups (broad SMARTS) is 1. The Morgan fingerprint density at radius 2 is 1.80 bits per heavy atom. The lowest BCUT2D eigenvalue weighted by Gasteiger charge is -2.25. The highest BCUT2D eigenvalue weighted by atomic mass is 16.4. The van der Waals surface area contributed by atoms with E-state index in [4.69, 9.17) is 5.73 Å². The molecule has 0 saturated heterocycles. The Hall–Kier alpha value is -1.63. The maximum absolute atomic E-state index is 11.8. The largest absolute Gasteiger partial charge is 0.480 e. The van der Waals surface area contributed by atoms with Crippen molar-refractivity contribution in [1.82, 2.24) is 10.6 Å². The van der Waals surface area contributed by atoms with E-state index in [-0.39, 0.29) is 12.5 Å². The molecule has 1 saturated carbocycles. The molecule has 1 atom stereocenters. The molecular weight excluding hydrogens is 262 g/mol. The predicted molar refractivity (Wildman–Crippen MR) is 72.8 cm³/mol. The third-order valence-electron chi connectivity index (χ3n) is 3.69. The maximum atomic E-state index is 11.8. The SMILES string of the molecule is CC(C)[C@H](N)C(=O)NCC(=O)NC1(C(=O)O)CCCC1. The van der Waals surface area contributed by atoms with E-state index in [1.807, 2.05) is 13.8 Å². The second kappa shape index (κ2) is 6.69. The van der Waals surface area contributed by atoms with E-state index in [0.29, 0.717) is 12.8 Å². The molecular formula is C13H23N3O4. The molecule has 0 aromatic heterocycles. The van der Waals surface area contributed by atoms with Crippen LogP contribution in [0.2, 0.25) is 0 Å². The lowest BCUT2D eigenvalue weighted by molar-refractivity contribution is -0.147. The Kier molecular flexibility index (Phi) is 5.50. The average molecular weight is 285 g/mol. The van der Waals surface area contributed by atoms with Gasteiger partial charge in [-0.2, -0.15) is 0 Å². The molecule has 1 fully saturated rings. The summed E-state index contributed by atoms with van der Waals surface area (Å²) in [4.78, 5) is 34.7. The Morgan fingerprint density at radius 3 is 2.25 bits per heavy atom. The molecule has 7 heteroatoms. The minimum absolute atomic E-state index is 0.0294. The molecule has 0 aliphatic heterocycles. The van der Waals surface area contributed by atoms with Crippen LogP contribution in [0, 0.1) is 5.92 Å². The summed E-state index contributed by atoms with van der Waals surface area (Å²) in [6.07, 6.45) is 2.40. The van der Waals surface area contributed by atoms with E-state index in [2.05, 4.69) is 10.6 Å². The fraction of sp³-hybridized carbons (Fsp3) is 0.769. The fourth-order valence-electron chi connectivity index (χ4n) is 2.27. The number of carboxylic acids is 1. The van der Waals surface area contributed by atoms with Crippen LogP contribution >= 0.6 is 0 Å². The summed E-state index contributed by atoms with van der Waals surface area (Å²) in [7, 11) is 0. The Labute approximate surface area is 118 Å². The summed E-state index contributed by atoms with van der Waals surface area (Å²) in [6.45, 7) is 3.36. The van der Waals surface area contributed by atoms with Crippen LogP contribution in [0.5, 0.6) is 0 Å². The zero-order chi connectivity index (χ0) is 15.3. The molecule has 1 aliphatic carbocycles. The standard InChI is InChI=1S/C13H23N3O4/c1-8(2)10(14)11(18)15-7-9(17)16-13(12(19)20)5-3-4-6-13/h8,10H,3-7,14H2,1-2H3,(H,15,18)(H,16,17)(H,19,20)/t10-/m0/s1. The number of hydrogen-bond donors (Lipinski definition) is 4. The van der Waals surface area contributed by atoms with Crippen molar-refractivity contribution in [3.8, 4) is 0 Å². The van der Waals surface area contributed by atoms with Crippen molar-refractivity contribution < 1.29 is 19.5 Å². The number of nitrogens with two attached hydrogens (primary N) is 1. The Bertz CT molecular complexity index is 389. The lowest BCUT2D eigenvalue weighted by atomic mass is 9.98. The van der Waals surface area contributed by atoms with Gasteiger partial charge in [-0.25, -0.2) is 4.79 Å². The number of aliphatic carboxylic acids is 1. The first-order valence-electron chi connectivity index (χ1n) is 6.86. The number of carbonyl (C=O) groups excluding carboxylic acids is 2. The van der Waals surface area contributed by atoms with Crippen LogP contribution in [0.15, 0.2) is 0 Å². The molecule has 0 unspecified atom stereocenters. The van der Waals surface area contributed by atoms with Crippen molar-refractivity contribution in [2.24, 2.45) is 11.7 Å². The first-order valence-corrected chi connectivity index (χ1v) is 6.86. The minimum Gasteiger partial charge on any atom is -0.480 e. The highest BCUT2D eigenvalue weighted by molar-refractivity contribution is 5.91. The Morgan fingerprint density at radius 1 is 1.25 bits per heavy atom. The molecule has 0 heterocycles. The summed E-state index contributed by atoms with van der Waals surface area (Å²) in [5.41, 5.74) is 4.47. The number of hydrogen-bond acceptors (Lipinski definition) is 4. The van der Waals surface area contributed by atoms with Gasteiger partial charge in [0, 0.05) is 0 Å². The van der Waals surface area contributed by atoms with E-state index in [0.717, 1.165) is 12.8 Å². The van der Waals surface area contributed by atoms with E-state index in [1.54, 1.807) is 0 Å². The van der Waals surface area contributed by atoms with Gasteiger partial charge in [0.25, 0.3) is 0 Å². The number of amides is 2. The van der Waals surface area contributed by atoms with Gasteiger partial charge in [0.1, 0.15) is 5.54 Å². The predicted octanol–water partition coefficient (Wildman–Crippen LogP) is -0.400. The quantitative estimate of drug-likeness (QED) is 0.529. The van der Waals surface area contributed by atoms with Crippen molar-refractivity contribution in [3.05, 3.63) is 0 Å². The summed E-state index contributed by atoms with van der Waals surface area (Å²) in [6, 6.07) is -0.678. The zero-order valence-electron chi connectivity index (χ0n) is 11.9. The van der Waals surface area contributed by atoms with Crippen molar-refractivity contribution in [3.63, 3.8) is 0 Å². The van der Waals surface area contributed by atoms with E-state index in [1.165, 1.54) is 0 Å². The van der Waals surface area contributed by atoms with Gasteiger partial charge in [0.05, 0.1) is 12.6 Å². The summed E-state index contributed by atoms with van der Waals surface area (Å²) >= 11 is 0. The number of nitrogens with one attached hydrogen (secondary N) is 2. The number of rotatable bonds is 6. The molecule has 114 valence electrons. The topological polar surface area (TPSA) is 122 Å². The van der Waals surface area contributed by atoms with E-state index < -0.39 is 29.4 Å². The van der Waals surface area contributed by atoms with Crippen LogP contribution in [-0.2, 0) is 14.4 Å². The van der Waals surface area contributed by atoms with Gasteiger partial charge in [0.15, 0.2) is 0 Å². The summed E-state index contributed by atoms with van der Waals surface area (Å²) in [5.74, 6) is -1.96. The minimum atomic E-state index is -1.18. The first-order chi connectivity index (χ1) is 9.28. The van der Waals surface area contributed by atoms with Crippen LogP contribution < -0.4 is 16.4 Å². The van der Waals surface area contributed by atoms with Gasteiger partial charge >= 0.3 is 5.97 Å². The van der Waals surface area contributed by atoms with Crippen molar-refractivity contribution in [2.75, 3.05) is 6.54 Å².